The Morgan fingerprint density at radius 2 is 1.51 bits per heavy atom. The first-order valence-corrected chi connectivity index (χ1v) is 11.3. The largest absolute Gasteiger partial charge is 0.502 e. The zero-order valence-corrected chi connectivity index (χ0v) is 21.1. The molecular weight excluding hydrogens is 474 g/mol. The number of aromatic hydroxyl groups is 1. The Morgan fingerprint density at radius 1 is 0.886 bits per heavy atom. The van der Waals surface area contributed by atoms with Crippen molar-refractivity contribution in [2.24, 2.45) is 0 Å². The maximum atomic E-state index is 11.1. The van der Waals surface area contributed by atoms with Crippen molar-refractivity contribution >= 4 is 28.5 Å². The van der Waals surface area contributed by atoms with Gasteiger partial charge in [-0.05, 0) is 49.7 Å². The number of hydrogen-bond donors (Lipinski definition) is 1. The molecule has 0 aliphatic rings. The number of nitro groups is 1. The van der Waals surface area contributed by atoms with Crippen LogP contribution in [0.2, 0.25) is 0 Å². The highest BCUT2D eigenvalue weighted by Gasteiger charge is 2.30. The molecular formula is C25H27NO8S. The molecule has 0 unspecified atom stereocenters. The van der Waals surface area contributed by atoms with Crippen molar-refractivity contribution in [3.05, 3.63) is 62.5 Å². The van der Waals surface area contributed by atoms with Crippen LogP contribution in [0.15, 0.2) is 36.4 Å². The molecule has 1 N–H and O–H groups in total. The van der Waals surface area contributed by atoms with E-state index in [1.807, 2.05) is 6.08 Å². The van der Waals surface area contributed by atoms with Crippen molar-refractivity contribution in [3.8, 4) is 34.5 Å². The van der Waals surface area contributed by atoms with Crippen LogP contribution in [0.1, 0.15) is 29.9 Å². The third kappa shape index (κ3) is 5.43. The molecule has 0 saturated carbocycles. The molecule has 0 saturated heterocycles. The second-order valence-corrected chi connectivity index (χ2v) is 8.90. The maximum absolute atomic E-state index is 11.1. The Labute approximate surface area is 207 Å². The van der Waals surface area contributed by atoms with Gasteiger partial charge in [-0.3, -0.25) is 10.1 Å². The monoisotopic (exact) mass is 501 g/mol. The summed E-state index contributed by atoms with van der Waals surface area (Å²) in [5.41, 5.74) is 0.350. The zero-order valence-electron chi connectivity index (χ0n) is 20.3. The quantitative estimate of drug-likeness (QED) is 0.208. The van der Waals surface area contributed by atoms with E-state index >= 15 is 0 Å². The predicted octanol–water partition coefficient (Wildman–Crippen LogP) is 5.88. The van der Waals surface area contributed by atoms with Gasteiger partial charge in [0.05, 0.1) is 38.2 Å². The maximum Gasteiger partial charge on any atom is 0.324 e. The topological polar surface area (TPSA) is 110 Å². The lowest BCUT2D eigenvalue weighted by atomic mass is 10.1. The Hall–Kier alpha value is -3.92. The Balaban J connectivity index is 2.03. The predicted molar refractivity (Wildman–Crippen MR) is 134 cm³/mol. The van der Waals surface area contributed by atoms with E-state index in [-0.39, 0.29) is 22.2 Å². The van der Waals surface area contributed by atoms with Crippen molar-refractivity contribution in [2.75, 3.05) is 28.4 Å². The Kier molecular flexibility index (Phi) is 7.75. The van der Waals surface area contributed by atoms with Gasteiger partial charge in [0.1, 0.15) is 5.60 Å². The SMILES string of the molecule is COc1ccc(/C=C\c2cc(OC)c(OC)c(OC)c2)c(OC(C)(C)c2ccc([N+](=O)[O-])s2)c1O. The number of benzene rings is 2. The normalized spacial score (nSPS) is 11.4. The molecule has 3 rings (SSSR count). The summed E-state index contributed by atoms with van der Waals surface area (Å²) in [6.07, 6.45) is 3.57. The van der Waals surface area contributed by atoms with Crippen molar-refractivity contribution < 1.29 is 33.7 Å². The van der Waals surface area contributed by atoms with Crippen molar-refractivity contribution in [1.29, 1.82) is 0 Å². The average molecular weight is 502 g/mol. The van der Waals surface area contributed by atoms with Crippen LogP contribution in [0.3, 0.4) is 0 Å². The molecule has 0 amide bonds. The number of methoxy groups -OCH3 is 4. The minimum Gasteiger partial charge on any atom is -0.502 e. The van der Waals surface area contributed by atoms with Gasteiger partial charge >= 0.3 is 5.00 Å². The molecule has 186 valence electrons. The fourth-order valence-corrected chi connectivity index (χ4v) is 4.27. The summed E-state index contributed by atoms with van der Waals surface area (Å²) in [6.45, 7) is 3.54. The van der Waals surface area contributed by atoms with Gasteiger partial charge in [-0.2, -0.15) is 0 Å². The van der Waals surface area contributed by atoms with Crippen molar-refractivity contribution in [2.45, 2.75) is 19.4 Å². The molecule has 0 aliphatic carbocycles. The van der Waals surface area contributed by atoms with Gasteiger partial charge in [0.25, 0.3) is 0 Å². The Morgan fingerprint density at radius 3 is 2.03 bits per heavy atom. The van der Waals surface area contributed by atoms with Gasteiger partial charge in [-0.1, -0.05) is 23.5 Å². The highest BCUT2D eigenvalue weighted by molar-refractivity contribution is 7.15. The van der Waals surface area contributed by atoms with Crippen LogP contribution >= 0.6 is 11.3 Å². The first-order valence-electron chi connectivity index (χ1n) is 10.5. The molecule has 1 heterocycles. The molecule has 0 radical (unpaired) electrons. The minimum atomic E-state index is -0.974. The van der Waals surface area contributed by atoms with Gasteiger partial charge in [0.2, 0.25) is 11.5 Å². The van der Waals surface area contributed by atoms with E-state index in [1.54, 1.807) is 50.3 Å². The third-order valence-electron chi connectivity index (χ3n) is 5.21. The second-order valence-electron chi connectivity index (χ2n) is 7.83. The molecule has 2 aromatic carbocycles. The van der Waals surface area contributed by atoms with Gasteiger partial charge in [0, 0.05) is 11.6 Å². The van der Waals surface area contributed by atoms with E-state index < -0.39 is 10.5 Å². The number of phenolic OH excluding ortho intramolecular Hbond substituents is 1. The van der Waals surface area contributed by atoms with Gasteiger partial charge in [-0.25, -0.2) is 0 Å². The highest BCUT2D eigenvalue weighted by Crippen LogP contribution is 2.45. The van der Waals surface area contributed by atoms with E-state index in [1.165, 1.54) is 34.5 Å². The molecule has 0 aliphatic heterocycles. The summed E-state index contributed by atoms with van der Waals surface area (Å²) in [5, 5.41) is 22.0. The summed E-state index contributed by atoms with van der Waals surface area (Å²) in [5.74, 6) is 1.71. The van der Waals surface area contributed by atoms with Crippen LogP contribution in [0.5, 0.6) is 34.5 Å². The summed E-state index contributed by atoms with van der Waals surface area (Å²) in [4.78, 5) is 11.3. The first-order chi connectivity index (χ1) is 16.6. The molecule has 9 nitrogen and oxygen atoms in total. The van der Waals surface area contributed by atoms with Crippen LogP contribution in [0.4, 0.5) is 5.00 Å². The highest BCUT2D eigenvalue weighted by atomic mass is 32.1. The Bertz CT molecular complexity index is 1220. The first kappa shape index (κ1) is 25.7. The fourth-order valence-electron chi connectivity index (χ4n) is 3.41. The standard InChI is InChI=1S/C25H27NO8S/c1-25(2,20-11-12-21(35-20)26(28)29)34-23-16(9-10-17(30-3)22(23)27)8-7-15-13-18(31-4)24(33-6)19(14-15)32-5/h7-14,27H,1-6H3/b8-7-. The number of rotatable bonds is 10. The van der Waals surface area contributed by atoms with Gasteiger partial charge < -0.3 is 28.8 Å². The lowest BCUT2D eigenvalue weighted by Crippen LogP contribution is -2.24. The van der Waals surface area contributed by atoms with Crippen molar-refractivity contribution in [3.63, 3.8) is 0 Å². The summed E-state index contributed by atoms with van der Waals surface area (Å²) in [6, 6.07) is 10.0. The molecule has 0 spiro atoms. The number of hydrogen-bond acceptors (Lipinski definition) is 9. The molecule has 0 atom stereocenters. The lowest BCUT2D eigenvalue weighted by molar-refractivity contribution is -0.380. The lowest BCUT2D eigenvalue weighted by Gasteiger charge is -2.27. The van der Waals surface area contributed by atoms with Crippen LogP contribution < -0.4 is 23.7 Å². The molecule has 0 bridgehead atoms. The fraction of sp³-hybridized carbons (Fsp3) is 0.280. The van der Waals surface area contributed by atoms with Crippen LogP contribution in [0, 0.1) is 10.1 Å². The molecule has 1 aromatic heterocycles. The van der Waals surface area contributed by atoms with Crippen LogP contribution in [-0.2, 0) is 5.60 Å². The summed E-state index contributed by atoms with van der Waals surface area (Å²) < 4.78 is 27.7. The average Bonchev–Trinajstić information content (AvgIpc) is 3.35. The smallest absolute Gasteiger partial charge is 0.324 e. The molecule has 0 fully saturated rings. The number of thiophene rings is 1. The number of ether oxygens (including phenoxy) is 5. The summed E-state index contributed by atoms with van der Waals surface area (Å²) in [7, 11) is 6.05. The van der Waals surface area contributed by atoms with Crippen LogP contribution in [-0.4, -0.2) is 38.5 Å². The van der Waals surface area contributed by atoms with E-state index in [0.29, 0.717) is 27.7 Å². The van der Waals surface area contributed by atoms with Crippen LogP contribution in [0.25, 0.3) is 12.2 Å². The number of phenols is 1. The molecule has 10 heteroatoms. The number of nitrogens with zero attached hydrogens (tertiary/aromatic N) is 1. The van der Waals surface area contributed by atoms with E-state index in [4.69, 9.17) is 23.7 Å². The summed E-state index contributed by atoms with van der Waals surface area (Å²) >= 11 is 1.02. The van der Waals surface area contributed by atoms with Gasteiger partial charge in [-0.15, -0.1) is 0 Å². The van der Waals surface area contributed by atoms with E-state index in [2.05, 4.69) is 0 Å². The van der Waals surface area contributed by atoms with Gasteiger partial charge in [0.15, 0.2) is 23.0 Å². The third-order valence-corrected chi connectivity index (χ3v) is 6.55. The van der Waals surface area contributed by atoms with E-state index in [0.717, 1.165) is 16.9 Å². The molecule has 3 aromatic rings. The second kappa shape index (κ2) is 10.6. The van der Waals surface area contributed by atoms with Crippen molar-refractivity contribution in [1.82, 2.24) is 0 Å². The minimum absolute atomic E-state index is 0.00839. The van der Waals surface area contributed by atoms with E-state index in [9.17, 15) is 15.2 Å². The zero-order chi connectivity index (χ0) is 25.8. The molecule has 35 heavy (non-hydrogen) atoms.